The highest BCUT2D eigenvalue weighted by atomic mass is 16.4. The van der Waals surface area contributed by atoms with Crippen molar-refractivity contribution in [1.82, 2.24) is 19.5 Å². The average molecular weight is 309 g/mol. The van der Waals surface area contributed by atoms with Crippen LogP contribution in [0.15, 0.2) is 55.4 Å². The Morgan fingerprint density at radius 1 is 1.09 bits per heavy atom. The molecule has 114 valence electrons. The predicted molar refractivity (Wildman–Crippen MR) is 80.5 cm³/mol. The van der Waals surface area contributed by atoms with Crippen molar-refractivity contribution in [1.29, 1.82) is 0 Å². The molecule has 0 atom stereocenters. The Bertz CT molecular complexity index is 827. The molecule has 0 spiro atoms. The summed E-state index contributed by atoms with van der Waals surface area (Å²) in [6.45, 7) is 0. The quantitative estimate of drug-likeness (QED) is 0.757. The molecule has 0 saturated heterocycles. The van der Waals surface area contributed by atoms with Crippen LogP contribution in [0.5, 0.6) is 0 Å². The van der Waals surface area contributed by atoms with Crippen LogP contribution in [0, 0.1) is 0 Å². The van der Waals surface area contributed by atoms with E-state index in [0.29, 0.717) is 17.1 Å². The number of rotatable bonds is 4. The lowest BCUT2D eigenvalue weighted by Crippen LogP contribution is -2.13. The number of carboxylic acid groups (broad SMARTS) is 1. The van der Waals surface area contributed by atoms with E-state index in [0.717, 1.165) is 0 Å². The van der Waals surface area contributed by atoms with Crippen molar-refractivity contribution < 1.29 is 14.7 Å². The molecule has 3 aromatic heterocycles. The second-order valence-corrected chi connectivity index (χ2v) is 4.57. The highest BCUT2D eigenvalue weighted by Gasteiger charge is 2.09. The van der Waals surface area contributed by atoms with E-state index in [1.54, 1.807) is 35.4 Å². The first-order valence-electron chi connectivity index (χ1n) is 6.58. The number of carbonyl (C=O) groups is 2. The molecule has 0 bridgehead atoms. The van der Waals surface area contributed by atoms with Gasteiger partial charge in [0.2, 0.25) is 0 Å². The number of pyridine rings is 2. The Balaban J connectivity index is 1.71. The summed E-state index contributed by atoms with van der Waals surface area (Å²) in [5.41, 5.74) is 0.684. The Morgan fingerprint density at radius 2 is 1.96 bits per heavy atom. The van der Waals surface area contributed by atoms with Crippen LogP contribution in [0.1, 0.15) is 20.8 Å². The van der Waals surface area contributed by atoms with Crippen LogP contribution in [-0.2, 0) is 0 Å². The largest absolute Gasteiger partial charge is 0.477 e. The summed E-state index contributed by atoms with van der Waals surface area (Å²) in [6.07, 6.45) is 7.73. The number of anilines is 1. The number of carboxylic acids is 1. The second-order valence-electron chi connectivity index (χ2n) is 4.57. The second kappa shape index (κ2) is 6.06. The molecule has 0 aromatic carbocycles. The van der Waals surface area contributed by atoms with Crippen molar-refractivity contribution in [2.75, 3.05) is 5.32 Å². The third kappa shape index (κ3) is 3.21. The van der Waals surface area contributed by atoms with Crippen molar-refractivity contribution in [3.8, 4) is 5.82 Å². The monoisotopic (exact) mass is 309 g/mol. The smallest absolute Gasteiger partial charge is 0.354 e. The number of aromatic nitrogens is 4. The van der Waals surface area contributed by atoms with Crippen LogP contribution in [0.2, 0.25) is 0 Å². The lowest BCUT2D eigenvalue weighted by atomic mass is 10.2. The van der Waals surface area contributed by atoms with Gasteiger partial charge in [-0.25, -0.2) is 19.7 Å². The van der Waals surface area contributed by atoms with E-state index in [-0.39, 0.29) is 11.6 Å². The third-order valence-electron chi connectivity index (χ3n) is 3.02. The van der Waals surface area contributed by atoms with Crippen molar-refractivity contribution >= 4 is 17.6 Å². The van der Waals surface area contributed by atoms with Gasteiger partial charge in [0.1, 0.15) is 17.8 Å². The Morgan fingerprint density at radius 3 is 2.52 bits per heavy atom. The van der Waals surface area contributed by atoms with Gasteiger partial charge in [-0.05, 0) is 24.3 Å². The molecule has 3 aromatic rings. The molecule has 8 heteroatoms. The molecule has 3 rings (SSSR count). The summed E-state index contributed by atoms with van der Waals surface area (Å²) in [5, 5.41) is 11.4. The highest BCUT2D eigenvalue weighted by Crippen LogP contribution is 2.10. The van der Waals surface area contributed by atoms with Gasteiger partial charge in [0.25, 0.3) is 5.91 Å². The lowest BCUT2D eigenvalue weighted by molar-refractivity contribution is 0.0690. The molecule has 2 N–H and O–H groups in total. The first-order chi connectivity index (χ1) is 11.1. The van der Waals surface area contributed by atoms with Crippen molar-refractivity contribution in [3.05, 3.63) is 66.6 Å². The number of amides is 1. The Kier molecular flexibility index (Phi) is 3.79. The average Bonchev–Trinajstić information content (AvgIpc) is 3.10. The standard InChI is InChI=1S/C15H11N5O3/c21-14(19-11-2-3-12(15(22)23)17-8-11)10-1-4-13(18-7-10)20-6-5-16-9-20/h1-9H,(H,19,21)(H,22,23). The maximum atomic E-state index is 12.1. The van der Waals surface area contributed by atoms with Crippen LogP contribution >= 0.6 is 0 Å². The molecule has 0 aliphatic rings. The minimum Gasteiger partial charge on any atom is -0.477 e. The van der Waals surface area contributed by atoms with Gasteiger partial charge in [0.05, 0.1) is 17.4 Å². The molecule has 0 unspecified atom stereocenters. The molecular weight excluding hydrogens is 298 g/mol. The van der Waals surface area contributed by atoms with Gasteiger partial charge in [-0.1, -0.05) is 0 Å². The Hall–Kier alpha value is -3.55. The fourth-order valence-electron chi connectivity index (χ4n) is 1.87. The fourth-order valence-corrected chi connectivity index (χ4v) is 1.87. The molecule has 0 saturated carbocycles. The van der Waals surface area contributed by atoms with E-state index in [1.165, 1.54) is 24.5 Å². The molecule has 0 radical (unpaired) electrons. The van der Waals surface area contributed by atoms with Gasteiger partial charge in [-0.15, -0.1) is 0 Å². The summed E-state index contributed by atoms with van der Waals surface area (Å²) in [7, 11) is 0. The van der Waals surface area contributed by atoms with Gasteiger partial charge in [0.15, 0.2) is 0 Å². The van der Waals surface area contributed by atoms with Crippen LogP contribution in [0.4, 0.5) is 5.69 Å². The summed E-state index contributed by atoms with van der Waals surface area (Å²) in [4.78, 5) is 34.7. The molecular formula is C15H11N5O3. The minimum absolute atomic E-state index is 0.0886. The molecule has 0 fully saturated rings. The van der Waals surface area contributed by atoms with Crippen LogP contribution in [0.25, 0.3) is 5.82 Å². The zero-order valence-electron chi connectivity index (χ0n) is 11.7. The molecule has 23 heavy (non-hydrogen) atoms. The van der Waals surface area contributed by atoms with E-state index < -0.39 is 5.97 Å². The summed E-state index contributed by atoms with van der Waals surface area (Å²) < 4.78 is 1.72. The summed E-state index contributed by atoms with van der Waals surface area (Å²) in [6, 6.07) is 6.12. The molecule has 1 amide bonds. The topological polar surface area (TPSA) is 110 Å². The number of aromatic carboxylic acids is 1. The van der Waals surface area contributed by atoms with E-state index in [1.807, 2.05) is 0 Å². The van der Waals surface area contributed by atoms with Gasteiger partial charge in [-0.3, -0.25) is 9.36 Å². The highest BCUT2D eigenvalue weighted by molar-refractivity contribution is 6.04. The van der Waals surface area contributed by atoms with Crippen molar-refractivity contribution in [2.45, 2.75) is 0 Å². The maximum Gasteiger partial charge on any atom is 0.354 e. The molecule has 0 aliphatic carbocycles. The van der Waals surface area contributed by atoms with E-state index in [9.17, 15) is 9.59 Å². The normalized spacial score (nSPS) is 10.3. The van der Waals surface area contributed by atoms with Gasteiger partial charge < -0.3 is 10.4 Å². The zero-order valence-corrected chi connectivity index (χ0v) is 11.7. The van der Waals surface area contributed by atoms with Gasteiger partial charge >= 0.3 is 5.97 Å². The number of imidazole rings is 1. The van der Waals surface area contributed by atoms with Crippen LogP contribution < -0.4 is 5.32 Å². The van der Waals surface area contributed by atoms with Crippen LogP contribution in [-0.4, -0.2) is 36.5 Å². The predicted octanol–water partition coefficient (Wildman–Crippen LogP) is 1.61. The van der Waals surface area contributed by atoms with Gasteiger partial charge in [-0.2, -0.15) is 0 Å². The maximum absolute atomic E-state index is 12.1. The number of nitrogens with zero attached hydrogens (tertiary/aromatic N) is 4. The third-order valence-corrected chi connectivity index (χ3v) is 3.02. The number of carbonyl (C=O) groups excluding carboxylic acids is 1. The zero-order chi connectivity index (χ0) is 16.2. The fraction of sp³-hybridized carbons (Fsp3) is 0. The van der Waals surface area contributed by atoms with E-state index >= 15 is 0 Å². The van der Waals surface area contributed by atoms with Crippen molar-refractivity contribution in [2.24, 2.45) is 0 Å². The minimum atomic E-state index is -1.12. The molecule has 0 aliphatic heterocycles. The SMILES string of the molecule is O=C(Nc1ccc(C(=O)O)nc1)c1ccc(-n2ccnc2)nc1. The summed E-state index contributed by atoms with van der Waals surface area (Å²) >= 11 is 0. The number of nitrogens with one attached hydrogen (secondary N) is 1. The first-order valence-corrected chi connectivity index (χ1v) is 6.58. The van der Waals surface area contributed by atoms with E-state index in [4.69, 9.17) is 5.11 Å². The Labute approximate surface area is 130 Å². The lowest BCUT2D eigenvalue weighted by Gasteiger charge is -2.06. The first kappa shape index (κ1) is 14.4. The molecule has 3 heterocycles. The van der Waals surface area contributed by atoms with Gasteiger partial charge in [0, 0.05) is 18.6 Å². The van der Waals surface area contributed by atoms with Crippen LogP contribution in [0.3, 0.4) is 0 Å². The van der Waals surface area contributed by atoms with Crippen molar-refractivity contribution in [3.63, 3.8) is 0 Å². The number of hydrogen-bond acceptors (Lipinski definition) is 5. The van der Waals surface area contributed by atoms with E-state index in [2.05, 4.69) is 20.3 Å². The molecule has 8 nitrogen and oxygen atoms in total. The summed E-state index contributed by atoms with van der Waals surface area (Å²) in [5.74, 6) is -0.840. The number of hydrogen-bond donors (Lipinski definition) is 2.